The number of carbonyl (C=O) groups excluding carboxylic acids is 1. The van der Waals surface area contributed by atoms with E-state index in [1.807, 2.05) is 6.92 Å². The highest BCUT2D eigenvalue weighted by Gasteiger charge is 2.38. The molecule has 0 bridgehead atoms. The van der Waals surface area contributed by atoms with E-state index >= 15 is 0 Å². The van der Waals surface area contributed by atoms with Crippen molar-refractivity contribution in [2.45, 2.75) is 19.8 Å². The number of Topliss-reactive ketones (excluding diaryl/α,β-unsaturated/α-hetero) is 1. The summed E-state index contributed by atoms with van der Waals surface area (Å²) in [5.74, 6) is -0.417. The molecule has 1 aromatic rings. The van der Waals surface area contributed by atoms with Crippen LogP contribution in [0.4, 0.5) is 9.18 Å². The standard InChI is InChI=1S/C14H16FNO3/c1-14(6-8-16(9-7-14)13(18)19)12(17)10-2-4-11(15)5-3-10/h2-5H,6-9H2,1H3,(H,18,19). The fourth-order valence-corrected chi connectivity index (χ4v) is 2.37. The van der Waals surface area contributed by atoms with E-state index in [0.717, 1.165) is 0 Å². The first-order valence-corrected chi connectivity index (χ1v) is 6.21. The van der Waals surface area contributed by atoms with Gasteiger partial charge in [0, 0.05) is 24.1 Å². The molecule has 4 nitrogen and oxygen atoms in total. The molecule has 1 aliphatic heterocycles. The van der Waals surface area contributed by atoms with Crippen molar-refractivity contribution < 1.29 is 19.1 Å². The molecule has 0 spiro atoms. The largest absolute Gasteiger partial charge is 0.465 e. The number of nitrogens with zero attached hydrogens (tertiary/aromatic N) is 1. The Morgan fingerprint density at radius 2 is 1.74 bits per heavy atom. The molecule has 102 valence electrons. The number of likely N-dealkylation sites (tertiary alicyclic amines) is 1. The predicted octanol–water partition coefficient (Wildman–Crippen LogP) is 2.79. The first kappa shape index (κ1) is 13.5. The number of piperidine rings is 1. The first-order chi connectivity index (χ1) is 8.92. The van der Waals surface area contributed by atoms with E-state index < -0.39 is 11.5 Å². The van der Waals surface area contributed by atoms with E-state index in [2.05, 4.69) is 0 Å². The van der Waals surface area contributed by atoms with Gasteiger partial charge in [0.25, 0.3) is 0 Å². The number of ketones is 1. The number of hydrogen-bond acceptors (Lipinski definition) is 2. The van der Waals surface area contributed by atoms with Crippen molar-refractivity contribution in [3.05, 3.63) is 35.6 Å². The van der Waals surface area contributed by atoms with Crippen LogP contribution in [0, 0.1) is 11.2 Å². The van der Waals surface area contributed by atoms with E-state index in [9.17, 15) is 14.0 Å². The summed E-state index contributed by atoms with van der Waals surface area (Å²) in [6, 6.07) is 5.49. The average molecular weight is 265 g/mol. The SMILES string of the molecule is CC1(C(=O)c2ccc(F)cc2)CCN(C(=O)O)CC1. The zero-order chi connectivity index (χ0) is 14.0. The van der Waals surface area contributed by atoms with Crippen LogP contribution in [0.15, 0.2) is 24.3 Å². The van der Waals surface area contributed by atoms with Crippen molar-refractivity contribution in [3.8, 4) is 0 Å². The molecule has 1 amide bonds. The van der Waals surface area contributed by atoms with Crippen molar-refractivity contribution in [2.75, 3.05) is 13.1 Å². The van der Waals surface area contributed by atoms with Crippen molar-refractivity contribution in [1.29, 1.82) is 0 Å². The van der Waals surface area contributed by atoms with Crippen LogP contribution < -0.4 is 0 Å². The van der Waals surface area contributed by atoms with E-state index in [4.69, 9.17) is 5.11 Å². The zero-order valence-electron chi connectivity index (χ0n) is 10.7. The Hall–Kier alpha value is -1.91. The summed E-state index contributed by atoms with van der Waals surface area (Å²) in [6.45, 7) is 2.56. The topological polar surface area (TPSA) is 57.6 Å². The van der Waals surface area contributed by atoms with Crippen LogP contribution >= 0.6 is 0 Å². The third kappa shape index (κ3) is 2.75. The highest BCUT2D eigenvalue weighted by molar-refractivity contribution is 6.00. The molecule has 19 heavy (non-hydrogen) atoms. The van der Waals surface area contributed by atoms with Crippen LogP contribution in [0.5, 0.6) is 0 Å². The molecular weight excluding hydrogens is 249 g/mol. The molecule has 5 heteroatoms. The van der Waals surface area contributed by atoms with E-state index in [-0.39, 0.29) is 11.6 Å². The lowest BCUT2D eigenvalue weighted by Gasteiger charge is -2.37. The van der Waals surface area contributed by atoms with Gasteiger partial charge in [0.1, 0.15) is 5.82 Å². The molecule has 0 saturated carbocycles. The molecule has 1 aliphatic rings. The van der Waals surface area contributed by atoms with Crippen LogP contribution in [0.2, 0.25) is 0 Å². The second kappa shape index (κ2) is 4.99. The lowest BCUT2D eigenvalue weighted by molar-refractivity contribution is 0.0631. The van der Waals surface area contributed by atoms with Gasteiger partial charge in [0.05, 0.1) is 0 Å². The molecule has 1 aromatic carbocycles. The monoisotopic (exact) mass is 265 g/mol. The molecule has 0 atom stereocenters. The van der Waals surface area contributed by atoms with Gasteiger partial charge < -0.3 is 10.0 Å². The van der Waals surface area contributed by atoms with Gasteiger partial charge in [0.15, 0.2) is 5.78 Å². The second-order valence-corrected chi connectivity index (χ2v) is 5.17. The summed E-state index contributed by atoms with van der Waals surface area (Å²) in [7, 11) is 0. The maximum atomic E-state index is 12.8. The number of carboxylic acid groups (broad SMARTS) is 1. The summed E-state index contributed by atoms with van der Waals surface area (Å²) < 4.78 is 12.8. The summed E-state index contributed by atoms with van der Waals surface area (Å²) >= 11 is 0. The third-order valence-electron chi connectivity index (χ3n) is 3.79. The van der Waals surface area contributed by atoms with Crippen molar-refractivity contribution >= 4 is 11.9 Å². The van der Waals surface area contributed by atoms with Crippen molar-refractivity contribution in [3.63, 3.8) is 0 Å². The quantitative estimate of drug-likeness (QED) is 0.836. The maximum Gasteiger partial charge on any atom is 0.407 e. The Morgan fingerprint density at radius 3 is 2.21 bits per heavy atom. The fourth-order valence-electron chi connectivity index (χ4n) is 2.37. The third-order valence-corrected chi connectivity index (χ3v) is 3.79. The fraction of sp³-hybridized carbons (Fsp3) is 0.429. The molecule has 1 fully saturated rings. The Labute approximate surface area is 110 Å². The van der Waals surface area contributed by atoms with E-state index in [0.29, 0.717) is 31.5 Å². The van der Waals surface area contributed by atoms with Gasteiger partial charge in [-0.05, 0) is 37.1 Å². The molecule has 0 radical (unpaired) electrons. The number of rotatable bonds is 2. The van der Waals surface area contributed by atoms with Crippen LogP contribution in [-0.4, -0.2) is 35.0 Å². The number of amides is 1. The first-order valence-electron chi connectivity index (χ1n) is 6.21. The van der Waals surface area contributed by atoms with Gasteiger partial charge in [-0.25, -0.2) is 9.18 Å². The van der Waals surface area contributed by atoms with E-state index in [1.54, 1.807) is 0 Å². The Bertz CT molecular complexity index is 490. The summed E-state index contributed by atoms with van der Waals surface area (Å²) in [5.41, 5.74) is -0.0864. The highest BCUT2D eigenvalue weighted by atomic mass is 19.1. The minimum atomic E-state index is -0.948. The van der Waals surface area contributed by atoms with Crippen molar-refractivity contribution in [1.82, 2.24) is 4.90 Å². The molecule has 0 unspecified atom stereocenters. The van der Waals surface area contributed by atoms with Gasteiger partial charge >= 0.3 is 6.09 Å². The highest BCUT2D eigenvalue weighted by Crippen LogP contribution is 2.34. The smallest absolute Gasteiger partial charge is 0.407 e. The molecular formula is C14H16FNO3. The molecule has 0 aromatic heterocycles. The molecule has 2 rings (SSSR count). The Morgan fingerprint density at radius 1 is 1.21 bits per heavy atom. The number of halogens is 1. The summed E-state index contributed by atoms with van der Waals surface area (Å²) in [5, 5.41) is 8.89. The molecule has 0 aliphatic carbocycles. The lowest BCUT2D eigenvalue weighted by Crippen LogP contribution is -2.44. The van der Waals surface area contributed by atoms with Crippen LogP contribution in [-0.2, 0) is 0 Å². The molecule has 1 N–H and O–H groups in total. The number of hydrogen-bond donors (Lipinski definition) is 1. The predicted molar refractivity (Wildman–Crippen MR) is 67.7 cm³/mol. The minimum Gasteiger partial charge on any atom is -0.465 e. The van der Waals surface area contributed by atoms with Crippen LogP contribution in [0.3, 0.4) is 0 Å². The minimum absolute atomic E-state index is 0.0439. The average Bonchev–Trinajstić information content (AvgIpc) is 2.39. The molecule has 1 heterocycles. The van der Waals surface area contributed by atoms with Crippen LogP contribution in [0.25, 0.3) is 0 Å². The summed E-state index contributed by atoms with van der Waals surface area (Å²) in [6.07, 6.45) is 0.0432. The lowest BCUT2D eigenvalue weighted by atomic mass is 9.74. The Kier molecular flexibility index (Phi) is 3.55. The number of benzene rings is 1. The van der Waals surface area contributed by atoms with Gasteiger partial charge in [0.2, 0.25) is 0 Å². The van der Waals surface area contributed by atoms with Gasteiger partial charge in [-0.1, -0.05) is 6.92 Å². The zero-order valence-corrected chi connectivity index (χ0v) is 10.7. The van der Waals surface area contributed by atoms with Gasteiger partial charge in [-0.15, -0.1) is 0 Å². The van der Waals surface area contributed by atoms with Gasteiger partial charge in [-0.2, -0.15) is 0 Å². The maximum absolute atomic E-state index is 12.8. The summed E-state index contributed by atoms with van der Waals surface area (Å²) in [4.78, 5) is 24.6. The number of carbonyl (C=O) groups is 2. The van der Waals surface area contributed by atoms with Crippen LogP contribution in [0.1, 0.15) is 30.1 Å². The van der Waals surface area contributed by atoms with Crippen molar-refractivity contribution in [2.24, 2.45) is 5.41 Å². The molecule has 1 saturated heterocycles. The Balaban J connectivity index is 2.11. The normalized spacial score (nSPS) is 18.1. The van der Waals surface area contributed by atoms with E-state index in [1.165, 1.54) is 29.2 Å². The second-order valence-electron chi connectivity index (χ2n) is 5.17. The van der Waals surface area contributed by atoms with Gasteiger partial charge in [-0.3, -0.25) is 4.79 Å².